The van der Waals surface area contributed by atoms with Gasteiger partial charge in [0.2, 0.25) is 5.91 Å². The van der Waals surface area contributed by atoms with Crippen molar-refractivity contribution in [2.75, 3.05) is 6.61 Å². The smallest absolute Gasteiger partial charge is 0.249 e. The van der Waals surface area contributed by atoms with Crippen LogP contribution in [0.3, 0.4) is 0 Å². The summed E-state index contributed by atoms with van der Waals surface area (Å²) in [5, 5.41) is 43.4. The third-order valence-electron chi connectivity index (χ3n) is 9.48. The zero-order chi connectivity index (χ0) is 33.9. The number of nitrogens with one attached hydrogen (secondary N) is 1. The van der Waals surface area contributed by atoms with Gasteiger partial charge in [-0.25, -0.2) is 0 Å². The topological polar surface area (TPSA) is 110 Å². The van der Waals surface area contributed by atoms with Crippen molar-refractivity contribution >= 4 is 5.91 Å². The molecular weight excluding hydrogens is 574 g/mol. The minimum Gasteiger partial charge on any atom is -0.394 e. The van der Waals surface area contributed by atoms with E-state index in [0.717, 1.165) is 38.5 Å². The summed E-state index contributed by atoms with van der Waals surface area (Å²) in [5.41, 5.74) is 0. The van der Waals surface area contributed by atoms with Crippen molar-refractivity contribution in [1.82, 2.24) is 5.32 Å². The fourth-order valence-electron chi connectivity index (χ4n) is 6.23. The predicted molar refractivity (Wildman–Crippen MR) is 196 cm³/mol. The molecule has 0 aliphatic heterocycles. The van der Waals surface area contributed by atoms with E-state index >= 15 is 0 Å². The normalized spacial score (nSPS) is 14.5. The monoisotopic (exact) mass is 654 g/mol. The van der Waals surface area contributed by atoms with Gasteiger partial charge in [-0.05, 0) is 38.5 Å². The van der Waals surface area contributed by atoms with E-state index in [9.17, 15) is 25.2 Å². The summed E-state index contributed by atoms with van der Waals surface area (Å²) in [6.45, 7) is 4.02. The molecule has 0 bridgehead atoms. The molecule has 0 aliphatic rings. The van der Waals surface area contributed by atoms with Crippen LogP contribution in [0, 0.1) is 0 Å². The third kappa shape index (κ3) is 29.2. The van der Waals surface area contributed by atoms with E-state index < -0.39 is 36.9 Å². The lowest BCUT2D eigenvalue weighted by molar-refractivity contribution is -0.132. The Morgan fingerprint density at radius 2 is 0.891 bits per heavy atom. The Labute approximate surface area is 285 Å². The number of hydrogen-bond donors (Lipinski definition) is 5. The first-order valence-electron chi connectivity index (χ1n) is 20.1. The van der Waals surface area contributed by atoms with Crippen LogP contribution < -0.4 is 5.32 Å². The Hall–Kier alpha value is -0.950. The number of hydrogen-bond acceptors (Lipinski definition) is 5. The summed E-state index contributed by atoms with van der Waals surface area (Å²) in [6.07, 6.45) is 36.7. The van der Waals surface area contributed by atoms with Crippen molar-refractivity contribution < 1.29 is 25.2 Å². The molecule has 0 aromatic heterocycles. The molecule has 6 nitrogen and oxygen atoms in total. The van der Waals surface area contributed by atoms with Crippen molar-refractivity contribution in [3.8, 4) is 0 Å². The first-order chi connectivity index (χ1) is 22.5. The van der Waals surface area contributed by atoms with Crippen molar-refractivity contribution in [2.24, 2.45) is 0 Å². The summed E-state index contributed by atoms with van der Waals surface area (Å²) in [6, 6.07) is -0.995. The molecule has 0 aromatic carbocycles. The van der Waals surface area contributed by atoms with Crippen LogP contribution in [0.15, 0.2) is 12.2 Å². The van der Waals surface area contributed by atoms with Gasteiger partial charge in [0, 0.05) is 0 Å². The molecule has 0 radical (unpaired) electrons. The van der Waals surface area contributed by atoms with Gasteiger partial charge in [0.25, 0.3) is 0 Å². The molecule has 0 saturated carbocycles. The van der Waals surface area contributed by atoms with Crippen molar-refractivity contribution in [3.63, 3.8) is 0 Å². The number of aliphatic hydroxyl groups excluding tert-OH is 4. The molecule has 274 valence electrons. The second-order valence-corrected chi connectivity index (χ2v) is 14.0. The number of unbranched alkanes of at least 4 members (excludes halogenated alkanes) is 25. The van der Waals surface area contributed by atoms with Crippen LogP contribution in [-0.4, -0.2) is 57.3 Å². The first kappa shape index (κ1) is 45.0. The molecule has 0 spiro atoms. The quantitative estimate of drug-likeness (QED) is 0.0342. The van der Waals surface area contributed by atoms with Crippen LogP contribution in [0.4, 0.5) is 0 Å². The molecular formula is C40H79NO5. The van der Waals surface area contributed by atoms with Crippen molar-refractivity contribution in [2.45, 2.75) is 231 Å². The number of carbonyl (C=O) groups excluding carboxylic acids is 1. The molecule has 0 heterocycles. The summed E-state index contributed by atoms with van der Waals surface area (Å²) >= 11 is 0. The van der Waals surface area contributed by atoms with E-state index in [4.69, 9.17) is 0 Å². The maximum atomic E-state index is 12.4. The van der Waals surface area contributed by atoms with E-state index in [-0.39, 0.29) is 0 Å². The average Bonchev–Trinajstić information content (AvgIpc) is 3.06. The Morgan fingerprint density at radius 1 is 0.522 bits per heavy atom. The summed E-state index contributed by atoms with van der Waals surface area (Å²) in [4.78, 5) is 12.4. The lowest BCUT2D eigenvalue weighted by Gasteiger charge is -2.27. The van der Waals surface area contributed by atoms with Gasteiger partial charge in [-0.15, -0.1) is 0 Å². The molecule has 46 heavy (non-hydrogen) atoms. The van der Waals surface area contributed by atoms with E-state index in [2.05, 4.69) is 31.3 Å². The van der Waals surface area contributed by atoms with Crippen LogP contribution in [0.25, 0.3) is 0 Å². The highest BCUT2D eigenvalue weighted by atomic mass is 16.3. The zero-order valence-corrected chi connectivity index (χ0v) is 30.6. The molecule has 4 unspecified atom stereocenters. The van der Waals surface area contributed by atoms with Crippen LogP contribution in [0.2, 0.25) is 0 Å². The second-order valence-electron chi connectivity index (χ2n) is 14.0. The van der Waals surface area contributed by atoms with Gasteiger partial charge >= 0.3 is 0 Å². The van der Waals surface area contributed by atoms with Crippen LogP contribution in [0.5, 0.6) is 0 Å². The predicted octanol–water partition coefficient (Wildman–Crippen LogP) is 9.85. The van der Waals surface area contributed by atoms with Gasteiger partial charge in [-0.1, -0.05) is 180 Å². The van der Waals surface area contributed by atoms with E-state index in [1.54, 1.807) is 0 Å². The molecule has 0 fully saturated rings. The summed E-state index contributed by atoms with van der Waals surface area (Å²) < 4.78 is 0. The average molecular weight is 654 g/mol. The van der Waals surface area contributed by atoms with Crippen LogP contribution >= 0.6 is 0 Å². The zero-order valence-electron chi connectivity index (χ0n) is 30.6. The Kier molecular flexibility index (Phi) is 34.6. The fraction of sp³-hybridized carbons (Fsp3) is 0.925. The van der Waals surface area contributed by atoms with Gasteiger partial charge in [-0.3, -0.25) is 4.79 Å². The maximum absolute atomic E-state index is 12.4. The molecule has 0 saturated heterocycles. The minimum atomic E-state index is -1.28. The SMILES string of the molecule is CCCCCCCCCCCCCCCC/C=C/CCCC(O)C(O)C(CO)NC(=O)C(O)CCCCCCCCCCCCC. The third-order valence-corrected chi connectivity index (χ3v) is 9.48. The molecule has 1 amide bonds. The highest BCUT2D eigenvalue weighted by Crippen LogP contribution is 2.15. The highest BCUT2D eigenvalue weighted by Gasteiger charge is 2.28. The maximum Gasteiger partial charge on any atom is 0.249 e. The van der Waals surface area contributed by atoms with E-state index in [0.29, 0.717) is 12.8 Å². The van der Waals surface area contributed by atoms with Crippen LogP contribution in [-0.2, 0) is 4.79 Å². The number of allylic oxidation sites excluding steroid dienone is 2. The van der Waals surface area contributed by atoms with Gasteiger partial charge < -0.3 is 25.7 Å². The largest absolute Gasteiger partial charge is 0.394 e. The van der Waals surface area contributed by atoms with Crippen molar-refractivity contribution in [3.05, 3.63) is 12.2 Å². The van der Waals surface area contributed by atoms with Gasteiger partial charge in [-0.2, -0.15) is 0 Å². The standard InChI is InChI=1S/C40H79NO5/c1-3-5-7-9-11-13-15-16-17-18-19-20-21-22-24-25-27-29-31-33-37(43)39(45)36(35-42)41-40(46)38(44)34-32-30-28-26-23-14-12-10-8-6-4-2/h25,27,36-39,42-45H,3-24,26,28-35H2,1-2H3,(H,41,46)/b27-25+. The summed E-state index contributed by atoms with van der Waals surface area (Å²) in [5.74, 6) is -0.594. The Bertz CT molecular complexity index is 658. The molecule has 0 aliphatic carbocycles. The summed E-state index contributed by atoms with van der Waals surface area (Å²) in [7, 11) is 0. The van der Waals surface area contributed by atoms with Gasteiger partial charge in [0.1, 0.15) is 12.2 Å². The van der Waals surface area contributed by atoms with Crippen molar-refractivity contribution in [1.29, 1.82) is 0 Å². The molecule has 6 heteroatoms. The molecule has 4 atom stereocenters. The Morgan fingerprint density at radius 3 is 1.30 bits per heavy atom. The number of rotatable bonds is 36. The first-order valence-corrected chi connectivity index (χ1v) is 20.1. The molecule has 5 N–H and O–H groups in total. The lowest BCUT2D eigenvalue weighted by atomic mass is 10.00. The van der Waals surface area contributed by atoms with E-state index in [1.807, 2.05) is 0 Å². The number of amides is 1. The molecule has 0 aromatic rings. The van der Waals surface area contributed by atoms with E-state index in [1.165, 1.54) is 141 Å². The Balaban J connectivity index is 3.78. The number of carbonyl (C=O) groups is 1. The molecule has 0 rings (SSSR count). The fourth-order valence-corrected chi connectivity index (χ4v) is 6.23. The second kappa shape index (κ2) is 35.4. The van der Waals surface area contributed by atoms with Gasteiger partial charge in [0.15, 0.2) is 0 Å². The van der Waals surface area contributed by atoms with Gasteiger partial charge in [0.05, 0.1) is 18.8 Å². The van der Waals surface area contributed by atoms with Crippen LogP contribution in [0.1, 0.15) is 206 Å². The lowest BCUT2D eigenvalue weighted by Crippen LogP contribution is -2.53. The highest BCUT2D eigenvalue weighted by molar-refractivity contribution is 5.80. The minimum absolute atomic E-state index is 0.366. The number of aliphatic hydroxyl groups is 4.